The molecule has 8 heteroatoms. The zero-order valence-corrected chi connectivity index (χ0v) is 12.9. The summed E-state index contributed by atoms with van der Waals surface area (Å²) in [5, 5.41) is 11.0. The van der Waals surface area contributed by atoms with Crippen molar-refractivity contribution in [3.8, 4) is 0 Å². The van der Waals surface area contributed by atoms with Crippen LogP contribution in [0.5, 0.6) is 0 Å². The Morgan fingerprint density at radius 2 is 2.00 bits per heavy atom. The highest BCUT2D eigenvalue weighted by Gasteiger charge is 2.18. The minimum atomic E-state index is 0.702. The molecule has 22 heavy (non-hydrogen) atoms. The minimum absolute atomic E-state index is 0.702. The van der Waals surface area contributed by atoms with E-state index >= 15 is 0 Å². The van der Waals surface area contributed by atoms with E-state index in [9.17, 15) is 0 Å². The Morgan fingerprint density at radius 1 is 1.14 bits per heavy atom. The monoisotopic (exact) mass is 302 g/mol. The third-order valence-corrected chi connectivity index (χ3v) is 3.79. The summed E-state index contributed by atoms with van der Waals surface area (Å²) in [7, 11) is 0. The molecule has 2 aromatic rings. The van der Waals surface area contributed by atoms with Crippen molar-refractivity contribution in [3.05, 3.63) is 24.7 Å². The van der Waals surface area contributed by atoms with Crippen molar-refractivity contribution in [2.24, 2.45) is 0 Å². The van der Waals surface area contributed by atoms with Gasteiger partial charge in [-0.1, -0.05) is 5.21 Å². The summed E-state index contributed by atoms with van der Waals surface area (Å²) in [4.78, 5) is 13.5. The summed E-state index contributed by atoms with van der Waals surface area (Å²) in [6, 6.07) is 1.98. The van der Waals surface area contributed by atoms with E-state index in [0.29, 0.717) is 5.95 Å². The van der Waals surface area contributed by atoms with Gasteiger partial charge in [0.1, 0.15) is 5.82 Å². The van der Waals surface area contributed by atoms with E-state index in [1.807, 2.05) is 30.1 Å². The van der Waals surface area contributed by atoms with Crippen LogP contribution in [0, 0.1) is 0 Å². The highest BCUT2D eigenvalue weighted by Crippen LogP contribution is 2.14. The number of nitrogens with one attached hydrogen (secondary N) is 1. The Hall–Kier alpha value is -2.22. The van der Waals surface area contributed by atoms with Gasteiger partial charge in [-0.2, -0.15) is 4.98 Å². The molecule has 1 saturated heterocycles. The Morgan fingerprint density at radius 3 is 2.73 bits per heavy atom. The molecule has 1 aliphatic heterocycles. The number of anilines is 2. The van der Waals surface area contributed by atoms with Gasteiger partial charge in [0.05, 0.1) is 12.7 Å². The molecular weight excluding hydrogens is 280 g/mol. The largest absolute Gasteiger partial charge is 0.354 e. The van der Waals surface area contributed by atoms with Gasteiger partial charge in [0, 0.05) is 51.7 Å². The molecule has 0 aromatic carbocycles. The van der Waals surface area contributed by atoms with Gasteiger partial charge < -0.3 is 10.2 Å². The highest BCUT2D eigenvalue weighted by atomic mass is 15.4. The first-order valence-corrected chi connectivity index (χ1v) is 7.73. The Labute approximate surface area is 130 Å². The molecule has 3 rings (SSSR count). The van der Waals surface area contributed by atoms with Crippen molar-refractivity contribution >= 4 is 11.8 Å². The van der Waals surface area contributed by atoms with Crippen molar-refractivity contribution < 1.29 is 0 Å². The maximum atomic E-state index is 4.56. The Bertz CT molecular complexity index is 562. The second-order valence-corrected chi connectivity index (χ2v) is 5.26. The number of piperazine rings is 1. The maximum absolute atomic E-state index is 4.56. The molecule has 118 valence electrons. The van der Waals surface area contributed by atoms with Crippen LogP contribution >= 0.6 is 0 Å². The summed E-state index contributed by atoms with van der Waals surface area (Å²) in [6.07, 6.45) is 5.44. The van der Waals surface area contributed by atoms with Crippen LogP contribution in [-0.2, 0) is 6.54 Å². The lowest BCUT2D eigenvalue weighted by Gasteiger charge is -2.35. The molecule has 1 fully saturated rings. The van der Waals surface area contributed by atoms with Crippen LogP contribution in [0.2, 0.25) is 0 Å². The molecule has 1 N–H and O–H groups in total. The maximum Gasteiger partial charge on any atom is 0.224 e. The molecule has 3 heterocycles. The molecule has 0 saturated carbocycles. The zero-order chi connectivity index (χ0) is 15.2. The van der Waals surface area contributed by atoms with Crippen molar-refractivity contribution in [2.75, 3.05) is 49.5 Å². The first kappa shape index (κ1) is 14.7. The van der Waals surface area contributed by atoms with Gasteiger partial charge >= 0.3 is 0 Å². The van der Waals surface area contributed by atoms with Gasteiger partial charge in [-0.05, 0) is 13.0 Å². The normalized spacial score (nSPS) is 16.0. The van der Waals surface area contributed by atoms with Crippen LogP contribution in [0.4, 0.5) is 11.8 Å². The molecule has 0 unspecified atom stereocenters. The fourth-order valence-corrected chi connectivity index (χ4v) is 2.57. The summed E-state index contributed by atoms with van der Waals surface area (Å²) >= 11 is 0. The van der Waals surface area contributed by atoms with E-state index < -0.39 is 0 Å². The van der Waals surface area contributed by atoms with Crippen LogP contribution in [0.25, 0.3) is 0 Å². The zero-order valence-electron chi connectivity index (χ0n) is 12.9. The molecule has 0 aliphatic carbocycles. The van der Waals surface area contributed by atoms with Gasteiger partial charge in [-0.25, -0.2) is 4.98 Å². The van der Waals surface area contributed by atoms with Crippen molar-refractivity contribution in [1.29, 1.82) is 0 Å². The van der Waals surface area contributed by atoms with Gasteiger partial charge in [-0.3, -0.25) is 9.58 Å². The van der Waals surface area contributed by atoms with E-state index in [2.05, 4.69) is 35.4 Å². The summed E-state index contributed by atoms with van der Waals surface area (Å²) in [6.45, 7) is 8.81. The molecule has 0 amide bonds. The van der Waals surface area contributed by atoms with E-state index in [0.717, 1.165) is 51.6 Å². The fraction of sp³-hybridized carbons (Fsp3) is 0.571. The highest BCUT2D eigenvalue weighted by molar-refractivity contribution is 5.42. The first-order chi connectivity index (χ1) is 10.8. The van der Waals surface area contributed by atoms with E-state index in [1.54, 1.807) is 6.20 Å². The molecule has 0 atom stereocenters. The van der Waals surface area contributed by atoms with Crippen LogP contribution in [0.1, 0.15) is 6.92 Å². The van der Waals surface area contributed by atoms with Crippen molar-refractivity contribution in [2.45, 2.75) is 13.5 Å². The van der Waals surface area contributed by atoms with Gasteiger partial charge in [0.25, 0.3) is 0 Å². The molecule has 1 aliphatic rings. The molecule has 0 bridgehead atoms. The van der Waals surface area contributed by atoms with Crippen molar-refractivity contribution in [3.63, 3.8) is 0 Å². The number of aromatic nitrogens is 5. The Kier molecular flexibility index (Phi) is 4.79. The third-order valence-electron chi connectivity index (χ3n) is 3.79. The van der Waals surface area contributed by atoms with E-state index in [4.69, 9.17) is 0 Å². The standard InChI is InChI=1S/C14H22N8/c1-2-15-14-16-4-3-13(18-14)21-10-7-20(8-11-21)9-12-22-6-5-17-19-22/h3-6H,2,7-12H2,1H3,(H,15,16,18). The van der Waals surface area contributed by atoms with Gasteiger partial charge in [0.2, 0.25) is 5.95 Å². The van der Waals surface area contributed by atoms with Crippen LogP contribution in [0.15, 0.2) is 24.7 Å². The lowest BCUT2D eigenvalue weighted by atomic mass is 10.3. The predicted molar refractivity (Wildman–Crippen MR) is 84.9 cm³/mol. The van der Waals surface area contributed by atoms with Gasteiger partial charge in [0.15, 0.2) is 0 Å². The average molecular weight is 302 g/mol. The average Bonchev–Trinajstić information content (AvgIpc) is 3.08. The van der Waals surface area contributed by atoms with Crippen LogP contribution in [-0.4, -0.2) is 69.1 Å². The molecule has 0 radical (unpaired) electrons. The predicted octanol–water partition coefficient (Wildman–Crippen LogP) is 0.322. The third kappa shape index (κ3) is 3.70. The Balaban J connectivity index is 1.49. The number of hydrogen-bond donors (Lipinski definition) is 1. The number of hydrogen-bond acceptors (Lipinski definition) is 7. The topological polar surface area (TPSA) is 75.0 Å². The number of rotatable bonds is 6. The molecular formula is C14H22N8. The van der Waals surface area contributed by atoms with Crippen LogP contribution in [0.3, 0.4) is 0 Å². The molecule has 0 spiro atoms. The summed E-state index contributed by atoms with van der Waals surface area (Å²) in [5.74, 6) is 1.70. The fourth-order valence-electron chi connectivity index (χ4n) is 2.57. The van der Waals surface area contributed by atoms with Crippen molar-refractivity contribution in [1.82, 2.24) is 29.9 Å². The van der Waals surface area contributed by atoms with Gasteiger partial charge in [-0.15, -0.1) is 5.10 Å². The summed E-state index contributed by atoms with van der Waals surface area (Å²) in [5.41, 5.74) is 0. The SMILES string of the molecule is CCNc1nccc(N2CCN(CCn3ccnn3)CC2)n1. The quantitative estimate of drug-likeness (QED) is 0.823. The smallest absolute Gasteiger partial charge is 0.224 e. The van der Waals surface area contributed by atoms with Crippen LogP contribution < -0.4 is 10.2 Å². The molecule has 2 aromatic heterocycles. The van der Waals surface area contributed by atoms with E-state index in [-0.39, 0.29) is 0 Å². The summed E-state index contributed by atoms with van der Waals surface area (Å²) < 4.78 is 1.87. The molecule has 8 nitrogen and oxygen atoms in total. The first-order valence-electron chi connectivity index (χ1n) is 7.73. The lowest BCUT2D eigenvalue weighted by molar-refractivity contribution is 0.243. The lowest BCUT2D eigenvalue weighted by Crippen LogP contribution is -2.47. The van der Waals surface area contributed by atoms with E-state index in [1.165, 1.54) is 0 Å². The second-order valence-electron chi connectivity index (χ2n) is 5.26. The second kappa shape index (κ2) is 7.17. The number of nitrogens with zero attached hydrogens (tertiary/aromatic N) is 7. The minimum Gasteiger partial charge on any atom is -0.354 e.